The number of thiophene rings is 1. The zero-order valence-electron chi connectivity index (χ0n) is 17.3. The quantitative estimate of drug-likeness (QED) is 0.421. The number of carbonyl (C=O) groups is 1. The number of aliphatic hydroxyl groups excluding tert-OH is 2. The Balaban J connectivity index is 0.00000155. The molecular weight excluding hydrogens is 409 g/mol. The lowest BCUT2D eigenvalue weighted by atomic mass is 10.1. The maximum absolute atomic E-state index is 14.3. The van der Waals surface area contributed by atoms with E-state index in [0.717, 1.165) is 11.3 Å². The van der Waals surface area contributed by atoms with Crippen molar-refractivity contribution in [3.8, 4) is 0 Å². The normalized spacial score (nSPS) is 11.6. The first-order valence-corrected chi connectivity index (χ1v) is 10.3. The van der Waals surface area contributed by atoms with Crippen molar-refractivity contribution < 1.29 is 24.2 Å². The molecule has 1 unspecified atom stereocenters. The summed E-state index contributed by atoms with van der Waals surface area (Å²) in [7, 11) is 0. The number of hydrogen-bond acceptors (Lipinski definition) is 7. The molecule has 30 heavy (non-hydrogen) atoms. The topological polar surface area (TPSA) is 104 Å². The molecule has 0 radical (unpaired) electrons. The van der Waals surface area contributed by atoms with E-state index in [9.17, 15) is 14.3 Å². The monoisotopic (exact) mass is 435 g/mol. The number of fused-ring (bicyclic) bond motifs is 1. The van der Waals surface area contributed by atoms with Crippen LogP contribution in [0.25, 0.3) is 10.2 Å². The van der Waals surface area contributed by atoms with Crippen LogP contribution in [-0.4, -0.2) is 40.4 Å². The summed E-state index contributed by atoms with van der Waals surface area (Å²) in [6.07, 6.45) is -1.11. The van der Waals surface area contributed by atoms with Gasteiger partial charge in [-0.15, -0.1) is 0 Å². The van der Waals surface area contributed by atoms with Crippen molar-refractivity contribution in [2.75, 3.05) is 18.5 Å². The van der Waals surface area contributed by atoms with Gasteiger partial charge in [-0.25, -0.2) is 14.9 Å². The number of carbonyl (C=O) groups excluding carboxylic acids is 1. The summed E-state index contributed by atoms with van der Waals surface area (Å²) in [4.78, 5) is 22.7. The third-order valence-electron chi connectivity index (χ3n) is 3.95. The largest absolute Gasteiger partial charge is 0.394 e. The van der Waals surface area contributed by atoms with Crippen LogP contribution in [0.1, 0.15) is 35.5 Å². The Morgan fingerprint density at radius 2 is 2.00 bits per heavy atom. The Bertz CT molecular complexity index is 1010. The summed E-state index contributed by atoms with van der Waals surface area (Å²) < 4.78 is 14.3. The van der Waals surface area contributed by atoms with Gasteiger partial charge in [0.1, 0.15) is 28.4 Å². The summed E-state index contributed by atoms with van der Waals surface area (Å²) in [6, 6.07) is 8.31. The van der Waals surface area contributed by atoms with Crippen LogP contribution in [0, 0.1) is 19.7 Å². The van der Waals surface area contributed by atoms with Gasteiger partial charge in [0.05, 0.1) is 17.9 Å². The van der Waals surface area contributed by atoms with Crippen LogP contribution in [0.5, 0.6) is 0 Å². The molecule has 0 aliphatic heterocycles. The second kappa shape index (κ2) is 11.0. The maximum atomic E-state index is 14.3. The fraction of sp³-hybridized carbons (Fsp3) is 0.333. The fourth-order valence-corrected chi connectivity index (χ4v) is 3.66. The van der Waals surface area contributed by atoms with Crippen molar-refractivity contribution in [1.82, 2.24) is 10.5 Å². The van der Waals surface area contributed by atoms with E-state index >= 15 is 0 Å². The highest BCUT2D eigenvalue weighted by molar-refractivity contribution is 7.23. The van der Waals surface area contributed by atoms with E-state index in [-0.39, 0.29) is 17.9 Å². The second-order valence-electron chi connectivity index (χ2n) is 6.30. The number of nitrogens with one attached hydrogen (secondary N) is 2. The molecule has 162 valence electrons. The molecule has 0 aliphatic carbocycles. The summed E-state index contributed by atoms with van der Waals surface area (Å²) >= 11 is 1.22. The van der Waals surface area contributed by atoms with Crippen molar-refractivity contribution in [3.05, 3.63) is 53.0 Å². The van der Waals surface area contributed by atoms with E-state index in [2.05, 4.69) is 15.8 Å². The van der Waals surface area contributed by atoms with E-state index < -0.39 is 24.4 Å². The minimum atomic E-state index is -1.11. The first-order valence-electron chi connectivity index (χ1n) is 9.53. The van der Waals surface area contributed by atoms with E-state index in [1.54, 1.807) is 31.2 Å². The lowest BCUT2D eigenvalue weighted by molar-refractivity contribution is -0.0294. The highest BCUT2D eigenvalue weighted by atomic mass is 32.1. The van der Waals surface area contributed by atoms with Crippen LogP contribution >= 0.6 is 11.3 Å². The van der Waals surface area contributed by atoms with Crippen LogP contribution in [0.3, 0.4) is 0 Å². The smallest absolute Gasteiger partial charge is 0.278 e. The van der Waals surface area contributed by atoms with Crippen LogP contribution < -0.4 is 10.8 Å². The Morgan fingerprint density at radius 1 is 1.27 bits per heavy atom. The molecular formula is C21H26FN3O4S. The standard InChI is InChI=1S/C19H20FN3O4S.C2H6/c1-10-3-6-15(14(20)7-10)22-19-16(17(26)23-27-9-12(25)8-24)13-5-4-11(2)21-18(13)28-19;1-2/h3-7,12,22,24-25H,8-9H2,1-2H3,(H,23,26);1-2H3. The average molecular weight is 436 g/mol. The highest BCUT2D eigenvalue weighted by Gasteiger charge is 2.21. The number of aryl methyl sites for hydroxylation is 2. The molecule has 1 amide bonds. The lowest BCUT2D eigenvalue weighted by Gasteiger charge is -2.11. The van der Waals surface area contributed by atoms with Crippen LogP contribution in [0.15, 0.2) is 30.3 Å². The van der Waals surface area contributed by atoms with Gasteiger partial charge < -0.3 is 15.5 Å². The second-order valence-corrected chi connectivity index (χ2v) is 7.30. The van der Waals surface area contributed by atoms with E-state index in [4.69, 9.17) is 9.94 Å². The molecule has 2 heterocycles. The SMILES string of the molecule is CC.Cc1ccc(Nc2sc3nc(C)ccc3c2C(=O)NOCC(O)CO)c(F)c1. The van der Waals surface area contributed by atoms with E-state index in [0.29, 0.717) is 15.2 Å². The molecule has 0 spiro atoms. The molecule has 1 atom stereocenters. The predicted octanol–water partition coefficient (Wildman–Crippen LogP) is 3.84. The molecule has 0 saturated carbocycles. The first kappa shape index (κ1) is 23.7. The summed E-state index contributed by atoms with van der Waals surface area (Å²) in [6.45, 7) is 6.87. The molecule has 0 bridgehead atoms. The molecule has 3 aromatic rings. The Labute approximate surface area is 178 Å². The van der Waals surface area contributed by atoms with Gasteiger partial charge in [-0.3, -0.25) is 9.63 Å². The fourth-order valence-electron chi connectivity index (χ4n) is 2.54. The number of pyridine rings is 1. The zero-order valence-corrected chi connectivity index (χ0v) is 18.1. The first-order chi connectivity index (χ1) is 14.4. The number of aromatic nitrogens is 1. The number of halogens is 1. The van der Waals surface area contributed by atoms with E-state index in [1.807, 2.05) is 20.8 Å². The summed E-state index contributed by atoms with van der Waals surface area (Å²) in [5.41, 5.74) is 4.30. The number of hydroxylamine groups is 1. The van der Waals surface area contributed by atoms with Gasteiger partial charge in [0.15, 0.2) is 0 Å². The predicted molar refractivity (Wildman–Crippen MR) is 117 cm³/mol. The van der Waals surface area contributed by atoms with Gasteiger partial charge in [-0.1, -0.05) is 31.3 Å². The minimum Gasteiger partial charge on any atom is -0.394 e. The number of anilines is 2. The molecule has 0 aliphatic rings. The zero-order chi connectivity index (χ0) is 22.3. The molecule has 7 nitrogen and oxygen atoms in total. The highest BCUT2D eigenvalue weighted by Crippen LogP contribution is 2.37. The van der Waals surface area contributed by atoms with Gasteiger partial charge in [0, 0.05) is 11.1 Å². The van der Waals surface area contributed by atoms with Crippen LogP contribution in [0.4, 0.5) is 15.1 Å². The molecule has 0 fully saturated rings. The number of amides is 1. The van der Waals surface area contributed by atoms with Crippen LogP contribution in [-0.2, 0) is 4.84 Å². The van der Waals surface area contributed by atoms with Crippen molar-refractivity contribution in [2.24, 2.45) is 0 Å². The number of benzene rings is 1. The lowest BCUT2D eigenvalue weighted by Crippen LogP contribution is -2.30. The summed E-state index contributed by atoms with van der Waals surface area (Å²) in [5, 5.41) is 22.1. The van der Waals surface area contributed by atoms with Crippen LogP contribution in [0.2, 0.25) is 0 Å². The number of rotatable bonds is 7. The van der Waals surface area contributed by atoms with Crippen molar-refractivity contribution >= 4 is 38.1 Å². The Morgan fingerprint density at radius 3 is 2.67 bits per heavy atom. The third kappa shape index (κ3) is 5.73. The van der Waals surface area contributed by atoms with Gasteiger partial charge >= 0.3 is 0 Å². The molecule has 0 saturated heterocycles. The van der Waals surface area contributed by atoms with Gasteiger partial charge in [-0.2, -0.15) is 0 Å². The molecule has 2 aromatic heterocycles. The minimum absolute atomic E-state index is 0.236. The van der Waals surface area contributed by atoms with Crippen molar-refractivity contribution in [2.45, 2.75) is 33.8 Å². The number of aliphatic hydroxyl groups is 2. The van der Waals surface area contributed by atoms with Gasteiger partial charge in [0.25, 0.3) is 5.91 Å². The van der Waals surface area contributed by atoms with Gasteiger partial charge in [-0.05, 0) is 43.7 Å². The third-order valence-corrected chi connectivity index (χ3v) is 4.96. The molecule has 1 aromatic carbocycles. The van der Waals surface area contributed by atoms with Crippen molar-refractivity contribution in [3.63, 3.8) is 0 Å². The van der Waals surface area contributed by atoms with E-state index in [1.165, 1.54) is 17.4 Å². The Kier molecular flexibility index (Phi) is 8.67. The number of hydrogen-bond donors (Lipinski definition) is 4. The summed E-state index contributed by atoms with van der Waals surface area (Å²) in [5.74, 6) is -1.01. The maximum Gasteiger partial charge on any atom is 0.278 e. The molecule has 9 heteroatoms. The van der Waals surface area contributed by atoms with Crippen molar-refractivity contribution in [1.29, 1.82) is 0 Å². The number of nitrogens with zero attached hydrogens (tertiary/aromatic N) is 1. The van der Waals surface area contributed by atoms with Gasteiger partial charge in [0.2, 0.25) is 0 Å². The molecule has 3 rings (SSSR count). The Hall–Kier alpha value is -2.59. The average Bonchev–Trinajstić information content (AvgIpc) is 3.08. The molecule has 4 N–H and O–H groups in total.